The van der Waals surface area contributed by atoms with Crippen LogP contribution < -0.4 is 16.0 Å². The quantitative estimate of drug-likeness (QED) is 0.119. The molecule has 0 bridgehead atoms. The van der Waals surface area contributed by atoms with E-state index in [0.29, 0.717) is 38.0 Å². The first-order valence-corrected chi connectivity index (χ1v) is 17.2. The summed E-state index contributed by atoms with van der Waals surface area (Å²) in [5.41, 5.74) is 0. The summed E-state index contributed by atoms with van der Waals surface area (Å²) in [6.07, 6.45) is 14.9. The van der Waals surface area contributed by atoms with Crippen molar-refractivity contribution >= 4 is 47.7 Å². The van der Waals surface area contributed by atoms with Gasteiger partial charge in [0.1, 0.15) is 0 Å². The lowest BCUT2D eigenvalue weighted by molar-refractivity contribution is -0.139. The van der Waals surface area contributed by atoms with E-state index < -0.39 is 29.7 Å². The molecule has 43 heavy (non-hydrogen) atoms. The fourth-order valence-corrected chi connectivity index (χ4v) is 7.74. The fraction of sp³-hybridized carbons (Fsp3) is 0.818. The van der Waals surface area contributed by atoms with Crippen molar-refractivity contribution in [2.45, 2.75) is 140 Å². The first-order chi connectivity index (χ1) is 20.7. The van der Waals surface area contributed by atoms with E-state index in [2.05, 4.69) is 27.7 Å². The van der Waals surface area contributed by atoms with Gasteiger partial charge >= 0.3 is 11.9 Å². The molecule has 3 N–H and O–H groups in total. The van der Waals surface area contributed by atoms with Crippen molar-refractivity contribution in [1.29, 1.82) is 0 Å². The monoisotopic (exact) mass is 618 g/mol. The molecule has 6 atom stereocenters. The van der Waals surface area contributed by atoms with Crippen LogP contribution in [0.5, 0.6) is 0 Å². The Morgan fingerprint density at radius 2 is 1.40 bits per heavy atom. The molecule has 0 aromatic carbocycles. The molecule has 4 saturated carbocycles. The number of Topliss-reactive ketones (excluding diaryl/α,β-unsaturated/α-hetero) is 2. The lowest BCUT2D eigenvalue weighted by Crippen LogP contribution is -2.53. The van der Waals surface area contributed by atoms with Crippen molar-refractivity contribution in [2.24, 2.45) is 34.6 Å². The molecule has 0 saturated heterocycles. The number of rotatable bonds is 12. The molecule has 4 aliphatic rings. The molecular weight excluding hydrogens is 568 g/mol. The summed E-state index contributed by atoms with van der Waals surface area (Å²) in [5.74, 6) is -2.28. The van der Waals surface area contributed by atoms with E-state index in [9.17, 15) is 24.0 Å². The van der Waals surface area contributed by atoms with Gasteiger partial charge in [-0.1, -0.05) is 51.4 Å². The highest BCUT2D eigenvalue weighted by Crippen LogP contribution is 2.38. The van der Waals surface area contributed by atoms with Gasteiger partial charge in [-0.15, -0.1) is 11.6 Å². The first-order valence-electron chi connectivity index (χ1n) is 16.8. The molecule has 9 nitrogen and oxygen atoms in total. The number of nitrogens with zero attached hydrogens (tertiary/aromatic N) is 1. The molecule has 240 valence electrons. The predicted molar refractivity (Wildman–Crippen MR) is 167 cm³/mol. The summed E-state index contributed by atoms with van der Waals surface area (Å²) in [4.78, 5) is 68.8. The normalized spacial score (nSPS) is 27.5. The van der Waals surface area contributed by atoms with E-state index in [1.54, 1.807) is 0 Å². The number of aliphatic imine (C=N–C) groups is 1. The van der Waals surface area contributed by atoms with Crippen LogP contribution in [0, 0.1) is 29.6 Å². The van der Waals surface area contributed by atoms with Crippen LogP contribution in [-0.2, 0) is 19.2 Å². The third-order valence-electron chi connectivity index (χ3n) is 10.4. The molecule has 4 amide bonds. The van der Waals surface area contributed by atoms with E-state index in [-0.39, 0.29) is 46.9 Å². The summed E-state index contributed by atoms with van der Waals surface area (Å²) in [5, 5.41) is 8.84. The highest BCUT2D eigenvalue weighted by molar-refractivity contribution is 6.39. The smallest absolute Gasteiger partial charge is 0.315 e. The van der Waals surface area contributed by atoms with Gasteiger partial charge in [0.05, 0.1) is 12.1 Å². The van der Waals surface area contributed by atoms with Gasteiger partial charge in [0.15, 0.2) is 5.78 Å². The summed E-state index contributed by atoms with van der Waals surface area (Å²) < 4.78 is 0. The number of alkyl halides is 1. The Hall–Kier alpha value is -2.29. The topological polar surface area (TPSA) is 134 Å². The molecule has 10 heteroatoms. The van der Waals surface area contributed by atoms with Gasteiger partial charge in [0.2, 0.25) is 11.7 Å². The molecule has 0 aliphatic heterocycles. The van der Waals surface area contributed by atoms with Gasteiger partial charge in [0.25, 0.3) is 0 Å². The number of nitrogens with one attached hydrogen (secondary N) is 3. The molecule has 3 unspecified atom stereocenters. The molecule has 4 fully saturated rings. The lowest BCUT2D eigenvalue weighted by Gasteiger charge is -2.33. The van der Waals surface area contributed by atoms with Crippen LogP contribution in [0.1, 0.15) is 116 Å². The summed E-state index contributed by atoms with van der Waals surface area (Å²) >= 11 is 6.64. The number of carbonyl (C=O) groups excluding carboxylic acids is 5. The minimum absolute atomic E-state index is 0.0542. The standard InChI is InChI=1S/C33H51ClN4O5/c1-20(34)25-18-23(15-16-24(19-25)31(41)37-27(17-21-13-14-21)30(40)32(42)35-2)29(39)28(22-9-5-3-6-10-22)38-33(43)36-26-11-7-4-8-12-26/h20-28H,2-19H2,1H3,(H,37,41)(H2,36,38,43)/t20?,23?,24-,25-,27?,28-/m0/s1. The second-order valence-corrected chi connectivity index (χ2v) is 14.4. The maximum atomic E-state index is 14.2. The molecule has 0 aromatic heterocycles. The maximum absolute atomic E-state index is 14.2. The Balaban J connectivity index is 1.45. The van der Waals surface area contributed by atoms with Crippen molar-refractivity contribution in [3.63, 3.8) is 0 Å². The molecular formula is C33H51ClN4O5. The number of hydrogen-bond donors (Lipinski definition) is 3. The second-order valence-electron chi connectivity index (χ2n) is 13.7. The lowest BCUT2D eigenvalue weighted by atomic mass is 9.77. The number of hydrogen-bond acceptors (Lipinski definition) is 5. The van der Waals surface area contributed by atoms with Gasteiger partial charge in [-0.25, -0.2) is 9.79 Å². The molecule has 0 aromatic rings. The first kappa shape index (κ1) is 33.6. The maximum Gasteiger partial charge on any atom is 0.315 e. The molecule has 4 rings (SSSR count). The van der Waals surface area contributed by atoms with Crippen LogP contribution in [0.2, 0.25) is 0 Å². The molecule has 0 radical (unpaired) electrons. The van der Waals surface area contributed by atoms with Gasteiger partial charge in [0, 0.05) is 23.3 Å². The van der Waals surface area contributed by atoms with Crippen LogP contribution in [0.15, 0.2) is 4.99 Å². The van der Waals surface area contributed by atoms with E-state index in [1.807, 2.05) is 6.92 Å². The third kappa shape index (κ3) is 9.85. The molecule has 0 spiro atoms. The highest BCUT2D eigenvalue weighted by atomic mass is 35.5. The summed E-state index contributed by atoms with van der Waals surface area (Å²) in [6, 6.07) is -1.56. The minimum atomic E-state index is -0.932. The van der Waals surface area contributed by atoms with E-state index in [4.69, 9.17) is 11.6 Å². The van der Waals surface area contributed by atoms with Crippen molar-refractivity contribution in [3.8, 4) is 0 Å². The highest BCUT2D eigenvalue weighted by Gasteiger charge is 2.41. The summed E-state index contributed by atoms with van der Waals surface area (Å²) in [7, 11) is 0. The number of ketones is 2. The van der Waals surface area contributed by atoms with Crippen molar-refractivity contribution in [3.05, 3.63) is 0 Å². The number of amides is 4. The minimum Gasteiger partial charge on any atom is -0.345 e. The average Bonchev–Trinajstić information content (AvgIpc) is 3.85. The zero-order valence-corrected chi connectivity index (χ0v) is 26.5. The van der Waals surface area contributed by atoms with E-state index in [1.165, 1.54) is 6.42 Å². The fourth-order valence-electron chi connectivity index (χ4n) is 7.53. The largest absolute Gasteiger partial charge is 0.345 e. The molecule has 0 heterocycles. The Morgan fingerprint density at radius 3 is 2.00 bits per heavy atom. The van der Waals surface area contributed by atoms with Crippen LogP contribution in [0.25, 0.3) is 0 Å². The van der Waals surface area contributed by atoms with Gasteiger partial charge in [-0.3, -0.25) is 19.2 Å². The van der Waals surface area contributed by atoms with Crippen LogP contribution >= 0.6 is 11.6 Å². The van der Waals surface area contributed by atoms with Gasteiger partial charge in [-0.2, -0.15) is 0 Å². The predicted octanol–water partition coefficient (Wildman–Crippen LogP) is 5.27. The average molecular weight is 619 g/mol. The van der Waals surface area contributed by atoms with E-state index in [0.717, 1.165) is 70.6 Å². The van der Waals surface area contributed by atoms with Crippen LogP contribution in [0.3, 0.4) is 0 Å². The van der Waals surface area contributed by atoms with Crippen LogP contribution in [-0.4, -0.2) is 59.6 Å². The zero-order chi connectivity index (χ0) is 30.9. The zero-order valence-electron chi connectivity index (χ0n) is 25.8. The Kier molecular flexibility index (Phi) is 12.6. The van der Waals surface area contributed by atoms with Crippen molar-refractivity contribution in [1.82, 2.24) is 16.0 Å². The SMILES string of the molecule is C=NC(=O)C(=O)C(CC1CC1)NC(=O)[C@H]1CCC(C(=O)[C@@H](NC(=O)NC2CCCCC2)C2CCCCC2)C[C@H](C(C)Cl)C1. The van der Waals surface area contributed by atoms with Crippen molar-refractivity contribution in [2.75, 3.05) is 0 Å². The number of urea groups is 1. The van der Waals surface area contributed by atoms with Gasteiger partial charge in [-0.05, 0) is 89.2 Å². The third-order valence-corrected chi connectivity index (χ3v) is 10.7. The second kappa shape index (κ2) is 16.1. The summed E-state index contributed by atoms with van der Waals surface area (Å²) in [6.45, 7) is 5.08. The number of carbonyl (C=O) groups is 5. The number of halogens is 1. The Bertz CT molecular complexity index is 1020. The Morgan fingerprint density at radius 1 is 0.791 bits per heavy atom. The van der Waals surface area contributed by atoms with Crippen molar-refractivity contribution < 1.29 is 24.0 Å². The Labute approximate surface area is 261 Å². The van der Waals surface area contributed by atoms with Gasteiger partial charge < -0.3 is 16.0 Å². The molecule has 4 aliphatic carbocycles. The van der Waals surface area contributed by atoms with Crippen LogP contribution in [0.4, 0.5) is 4.79 Å². The van der Waals surface area contributed by atoms with E-state index >= 15 is 0 Å².